The van der Waals surface area contributed by atoms with Crippen molar-refractivity contribution in [2.45, 2.75) is 29.5 Å². The predicted molar refractivity (Wildman–Crippen MR) is 152 cm³/mol. The number of Topliss-reactive ketones (excluding diaryl/α,β-unsaturated/α-hetero) is 1. The maximum atomic E-state index is 13.8. The Morgan fingerprint density at radius 3 is 2.49 bits per heavy atom. The number of aromatic nitrogens is 2. The first-order chi connectivity index (χ1) is 19.0. The number of aliphatic hydroxyl groups is 1. The average molecular weight is 554 g/mol. The highest BCUT2D eigenvalue weighted by Gasteiger charge is 2.46. The van der Waals surface area contributed by atoms with Gasteiger partial charge in [0, 0.05) is 11.1 Å². The number of rotatable bonds is 8. The highest BCUT2D eigenvalue weighted by atomic mass is 32.2. The van der Waals surface area contributed by atoms with E-state index in [0.29, 0.717) is 26.4 Å². The number of aryl methyl sites for hydroxylation is 1. The maximum Gasteiger partial charge on any atom is 0.296 e. The van der Waals surface area contributed by atoms with E-state index in [1.54, 1.807) is 12.1 Å². The molecule has 194 valence electrons. The summed E-state index contributed by atoms with van der Waals surface area (Å²) in [5.74, 6) is -1.11. The summed E-state index contributed by atoms with van der Waals surface area (Å²) >= 11 is 2.76. The van der Waals surface area contributed by atoms with Crippen LogP contribution in [0.2, 0.25) is 0 Å². The Balaban J connectivity index is 1.37. The van der Waals surface area contributed by atoms with Crippen molar-refractivity contribution >= 4 is 50.9 Å². The molecule has 0 bridgehead atoms. The Morgan fingerprint density at radius 1 is 1.00 bits per heavy atom. The number of nitrogens with zero attached hydrogens (tertiary/aromatic N) is 3. The lowest BCUT2D eigenvalue weighted by Gasteiger charge is -2.24. The Labute approximate surface area is 232 Å². The van der Waals surface area contributed by atoms with Crippen molar-refractivity contribution in [2.75, 3.05) is 4.90 Å². The summed E-state index contributed by atoms with van der Waals surface area (Å²) in [6.07, 6.45) is 0.845. The normalized spacial score (nSPS) is 15.5. The number of thioether (sulfide) groups is 1. The number of benzene rings is 3. The van der Waals surface area contributed by atoms with Gasteiger partial charge in [-0.05, 0) is 35.2 Å². The number of hydrogen-bond acceptors (Lipinski definition) is 8. The Morgan fingerprint density at radius 2 is 1.74 bits per heavy atom. The van der Waals surface area contributed by atoms with E-state index in [1.165, 1.54) is 28.0 Å². The van der Waals surface area contributed by atoms with Gasteiger partial charge < -0.3 is 9.52 Å². The fourth-order valence-corrected chi connectivity index (χ4v) is 6.41. The smallest absolute Gasteiger partial charge is 0.296 e. The molecule has 3 heterocycles. The van der Waals surface area contributed by atoms with Crippen LogP contribution in [0.15, 0.2) is 105 Å². The molecule has 6 rings (SSSR count). The number of hydrogen-bond donors (Lipinski definition) is 1. The van der Waals surface area contributed by atoms with E-state index in [0.717, 1.165) is 22.9 Å². The summed E-state index contributed by atoms with van der Waals surface area (Å²) in [7, 11) is 0. The van der Waals surface area contributed by atoms with Crippen LogP contribution in [0.25, 0.3) is 11.0 Å². The lowest BCUT2D eigenvalue weighted by Crippen LogP contribution is -2.31. The van der Waals surface area contributed by atoms with E-state index in [1.807, 2.05) is 72.8 Å². The molecule has 0 fully saturated rings. The molecule has 39 heavy (non-hydrogen) atoms. The van der Waals surface area contributed by atoms with Gasteiger partial charge in [0.1, 0.15) is 5.58 Å². The van der Waals surface area contributed by atoms with E-state index in [4.69, 9.17) is 4.42 Å². The van der Waals surface area contributed by atoms with E-state index >= 15 is 0 Å². The van der Waals surface area contributed by atoms with Crippen molar-refractivity contribution in [1.29, 1.82) is 0 Å². The second kappa shape index (κ2) is 10.5. The van der Waals surface area contributed by atoms with E-state index in [2.05, 4.69) is 17.1 Å². The van der Waals surface area contributed by atoms with E-state index in [9.17, 15) is 14.7 Å². The first kappa shape index (κ1) is 25.1. The number of fused-ring (bicyclic) bond motifs is 1. The first-order valence-electron chi connectivity index (χ1n) is 12.4. The van der Waals surface area contributed by atoms with Crippen LogP contribution in [-0.2, 0) is 17.0 Å². The number of carbonyl (C=O) groups excluding carboxylic acids is 2. The molecule has 1 atom stereocenters. The van der Waals surface area contributed by atoms with Crippen molar-refractivity contribution in [3.63, 3.8) is 0 Å². The minimum Gasteiger partial charge on any atom is -0.503 e. The van der Waals surface area contributed by atoms with Gasteiger partial charge in [-0.2, -0.15) is 0 Å². The van der Waals surface area contributed by atoms with Crippen molar-refractivity contribution in [3.05, 3.63) is 119 Å². The molecule has 0 spiro atoms. The van der Waals surface area contributed by atoms with Crippen LogP contribution in [0.3, 0.4) is 0 Å². The topological polar surface area (TPSA) is 96.5 Å². The Hall–Kier alpha value is -4.21. The van der Waals surface area contributed by atoms with Gasteiger partial charge in [0.15, 0.2) is 15.9 Å². The van der Waals surface area contributed by atoms with Gasteiger partial charge in [0.25, 0.3) is 5.91 Å². The van der Waals surface area contributed by atoms with Crippen LogP contribution < -0.4 is 4.90 Å². The van der Waals surface area contributed by atoms with E-state index < -0.39 is 23.5 Å². The van der Waals surface area contributed by atoms with Crippen molar-refractivity contribution in [1.82, 2.24) is 10.2 Å². The summed E-state index contributed by atoms with van der Waals surface area (Å²) in [4.78, 5) is 28.6. The quantitative estimate of drug-likeness (QED) is 0.127. The molecule has 1 aliphatic rings. The van der Waals surface area contributed by atoms with Gasteiger partial charge >= 0.3 is 0 Å². The lowest BCUT2D eigenvalue weighted by atomic mass is 9.94. The fraction of sp³-hybridized carbons (Fsp3) is 0.133. The summed E-state index contributed by atoms with van der Waals surface area (Å²) in [5.41, 5.74) is 3.44. The van der Waals surface area contributed by atoms with E-state index in [-0.39, 0.29) is 11.3 Å². The molecule has 2 aromatic heterocycles. The highest BCUT2D eigenvalue weighted by Crippen LogP contribution is 2.44. The molecule has 7 nitrogen and oxygen atoms in total. The largest absolute Gasteiger partial charge is 0.503 e. The van der Waals surface area contributed by atoms with Crippen LogP contribution in [0.5, 0.6) is 0 Å². The highest BCUT2D eigenvalue weighted by molar-refractivity contribution is 8.00. The molecule has 3 aromatic carbocycles. The minimum atomic E-state index is -0.885. The summed E-state index contributed by atoms with van der Waals surface area (Å²) in [5, 5.41) is 20.7. The number of anilines is 1. The Kier molecular flexibility index (Phi) is 6.76. The number of furan rings is 1. The molecule has 5 aromatic rings. The number of para-hydroxylation sites is 1. The molecule has 1 aliphatic heterocycles. The SMILES string of the molecule is CCc1ccc([C@@H]2C(C(=O)c3cc4ccccc4o3)=C(O)C(=O)N2c2nnc(SCc3ccccc3)s2)cc1. The maximum absolute atomic E-state index is 13.8. The number of carbonyl (C=O) groups is 2. The fourth-order valence-electron chi connectivity index (χ4n) is 4.59. The van der Waals surface area contributed by atoms with Crippen molar-refractivity contribution < 1.29 is 19.1 Å². The third-order valence-electron chi connectivity index (χ3n) is 6.61. The summed E-state index contributed by atoms with van der Waals surface area (Å²) in [6.45, 7) is 2.05. The van der Waals surface area contributed by atoms with Gasteiger partial charge in [-0.1, -0.05) is 103 Å². The Bertz CT molecular complexity index is 1670. The second-order valence-corrected chi connectivity index (χ2v) is 11.2. The van der Waals surface area contributed by atoms with Crippen LogP contribution in [0.1, 0.15) is 40.2 Å². The minimum absolute atomic E-state index is 0.0445. The van der Waals surface area contributed by atoms with Crippen molar-refractivity contribution in [3.8, 4) is 0 Å². The third-order valence-corrected chi connectivity index (χ3v) is 8.74. The monoisotopic (exact) mass is 553 g/mol. The molecule has 1 amide bonds. The molecule has 9 heteroatoms. The summed E-state index contributed by atoms with van der Waals surface area (Å²) < 4.78 is 6.49. The van der Waals surface area contributed by atoms with Gasteiger partial charge in [-0.3, -0.25) is 14.5 Å². The number of amides is 1. The molecule has 0 unspecified atom stereocenters. The van der Waals surface area contributed by atoms with Gasteiger partial charge in [-0.15, -0.1) is 10.2 Å². The van der Waals surface area contributed by atoms with Crippen LogP contribution in [0, 0.1) is 0 Å². The standard InChI is InChI=1S/C30H23N3O4S2/c1-2-18-12-14-20(15-13-18)25-24(26(34)23-16-21-10-6-7-11-22(21)37-23)27(35)28(36)33(25)29-31-32-30(39-29)38-17-19-8-4-3-5-9-19/h3-16,25,35H,2,17H2,1H3/t25-/m1/s1. The zero-order valence-electron chi connectivity index (χ0n) is 20.9. The molecular weight excluding hydrogens is 530 g/mol. The number of ketones is 1. The van der Waals surface area contributed by atoms with Gasteiger partial charge in [0.2, 0.25) is 10.9 Å². The van der Waals surface area contributed by atoms with Crippen LogP contribution >= 0.6 is 23.1 Å². The molecule has 1 N–H and O–H groups in total. The van der Waals surface area contributed by atoms with Gasteiger partial charge in [-0.25, -0.2) is 0 Å². The molecular formula is C30H23N3O4S2. The molecule has 0 radical (unpaired) electrons. The van der Waals surface area contributed by atoms with Crippen molar-refractivity contribution in [2.24, 2.45) is 0 Å². The zero-order valence-corrected chi connectivity index (χ0v) is 22.5. The van der Waals surface area contributed by atoms with Crippen LogP contribution in [0.4, 0.5) is 5.13 Å². The predicted octanol–water partition coefficient (Wildman–Crippen LogP) is 6.92. The third kappa shape index (κ3) is 4.75. The molecule has 0 saturated carbocycles. The number of aliphatic hydroxyl groups excluding tert-OH is 1. The molecule has 0 aliphatic carbocycles. The second-order valence-electron chi connectivity index (χ2n) is 9.04. The van der Waals surface area contributed by atoms with Gasteiger partial charge in [0.05, 0.1) is 11.6 Å². The van der Waals surface area contributed by atoms with Crippen LogP contribution in [-0.4, -0.2) is 27.0 Å². The molecule has 0 saturated heterocycles. The zero-order chi connectivity index (χ0) is 26.9. The first-order valence-corrected chi connectivity index (χ1v) is 14.2. The summed E-state index contributed by atoms with van der Waals surface area (Å²) in [6, 6.07) is 25.7. The average Bonchev–Trinajstić information content (AvgIpc) is 3.69. The lowest BCUT2D eigenvalue weighted by molar-refractivity contribution is -0.117.